The third-order valence-electron chi connectivity index (χ3n) is 6.07. The number of methoxy groups -OCH3 is 1. The first-order valence-electron chi connectivity index (χ1n) is 12.7. The molecule has 0 fully saturated rings. The van der Waals surface area contributed by atoms with Crippen LogP contribution in [-0.4, -0.2) is 27.8 Å². The summed E-state index contributed by atoms with van der Waals surface area (Å²) in [6, 6.07) is 25.9. The van der Waals surface area contributed by atoms with Gasteiger partial charge in [0.05, 0.1) is 41.8 Å². The highest BCUT2D eigenvalue weighted by Gasteiger charge is 2.17. The molecule has 0 saturated heterocycles. The third-order valence-corrected chi connectivity index (χ3v) is 7.29. The lowest BCUT2D eigenvalue weighted by atomic mass is 10.1. The second kappa shape index (κ2) is 15.3. The van der Waals surface area contributed by atoms with Crippen molar-refractivity contribution in [3.63, 3.8) is 0 Å². The topological polar surface area (TPSA) is 189 Å². The Morgan fingerprint density at radius 3 is 2.16 bits per heavy atom. The Labute approximate surface area is 263 Å². The molecule has 0 heterocycles. The molecule has 0 amide bonds. The number of ether oxygens (including phenoxy) is 1. The first-order chi connectivity index (χ1) is 22.0. The molecule has 0 unspecified atom stereocenters. The average Bonchev–Trinajstić information content (AvgIpc) is 3.06. The Bertz CT molecular complexity index is 1830. The van der Waals surface area contributed by atoms with E-state index in [9.17, 15) is 10.2 Å². The Kier molecular flexibility index (Phi) is 10.7. The number of phenolic OH excluding ortho intramolecular Hbond substituents is 2. The number of nitrogens with one attached hydrogen (secondary N) is 1. The van der Waals surface area contributed by atoms with Gasteiger partial charge in [0.1, 0.15) is 28.6 Å². The van der Waals surface area contributed by atoms with Crippen LogP contribution < -0.4 is 10.1 Å². The molecule has 14 nitrogen and oxygen atoms in total. The van der Waals surface area contributed by atoms with Gasteiger partial charge in [0.15, 0.2) is 5.75 Å². The van der Waals surface area contributed by atoms with E-state index in [4.69, 9.17) is 15.3 Å². The van der Waals surface area contributed by atoms with Crippen molar-refractivity contribution in [2.75, 3.05) is 12.4 Å². The van der Waals surface area contributed by atoms with E-state index in [0.29, 0.717) is 33.4 Å². The highest BCUT2D eigenvalue weighted by Crippen LogP contribution is 2.46. The number of azo groups is 2. The second-order valence-electron chi connectivity index (χ2n) is 8.86. The van der Waals surface area contributed by atoms with Gasteiger partial charge in [-0.25, -0.2) is 10.5 Å². The van der Waals surface area contributed by atoms with E-state index < -0.39 is 0 Å². The van der Waals surface area contributed by atoms with Gasteiger partial charge in [0.25, 0.3) is 0 Å². The number of fused-ring (bicyclic) bond motifs is 1. The van der Waals surface area contributed by atoms with Gasteiger partial charge >= 0.3 is 0 Å². The molecule has 0 bridgehead atoms. The number of aromatic hydroxyl groups is 2. The van der Waals surface area contributed by atoms with Gasteiger partial charge in [-0.05, 0) is 66.0 Å². The fourth-order valence-electron chi connectivity index (χ4n) is 4.04. The normalized spacial score (nSPS) is 11.5. The molecular formula is C29H23N5O9S2. The smallest absolute Gasteiger partial charge is 0.152 e. The van der Waals surface area contributed by atoms with E-state index in [1.54, 1.807) is 42.5 Å². The lowest BCUT2D eigenvalue weighted by Crippen LogP contribution is -1.90. The standard InChI is InChI=1S/C29H23N5O9S2/c1-39-26-16-23(25(35)15-24(26)33-31-19-7-10-21(11-8-19)44-42-40-37)32-34-28-27(45-43-41-38)14-17-13-20(9-12-22(17)29(28)36)30-18-5-3-2-4-6-18/h2-16,30,35-38H,1H3. The van der Waals surface area contributed by atoms with Crippen LogP contribution in [0.2, 0.25) is 0 Å². The van der Waals surface area contributed by atoms with Gasteiger partial charge in [-0.2, -0.15) is 5.11 Å². The summed E-state index contributed by atoms with van der Waals surface area (Å²) < 4.78 is 14.4. The van der Waals surface area contributed by atoms with Crippen LogP contribution in [0.4, 0.5) is 34.1 Å². The minimum absolute atomic E-state index is 0.00647. The summed E-state index contributed by atoms with van der Waals surface area (Å²) in [4.78, 5) is 0.901. The molecule has 5 aromatic rings. The molecule has 5 N–H and O–H groups in total. The average molecular weight is 650 g/mol. The molecule has 0 aliphatic heterocycles. The lowest BCUT2D eigenvalue weighted by molar-refractivity contribution is -0.432. The van der Waals surface area contributed by atoms with Gasteiger partial charge in [-0.1, -0.05) is 28.3 Å². The molecule has 0 aliphatic rings. The van der Waals surface area contributed by atoms with Crippen LogP contribution in [-0.2, 0) is 18.7 Å². The Hall–Kier alpha value is -4.78. The second-order valence-corrected chi connectivity index (χ2v) is 10.4. The Morgan fingerprint density at radius 1 is 0.689 bits per heavy atom. The zero-order valence-corrected chi connectivity index (χ0v) is 24.7. The van der Waals surface area contributed by atoms with Crippen LogP contribution in [0.5, 0.6) is 17.2 Å². The van der Waals surface area contributed by atoms with Gasteiger partial charge in [0, 0.05) is 33.8 Å². The summed E-state index contributed by atoms with van der Waals surface area (Å²) in [6.07, 6.45) is 0. The summed E-state index contributed by atoms with van der Waals surface area (Å²) in [6.45, 7) is 0. The molecule has 0 aromatic heterocycles. The number of phenols is 2. The van der Waals surface area contributed by atoms with E-state index in [-0.39, 0.29) is 39.2 Å². The SMILES string of the molecule is COc1cc(N=Nc2c(SOOO)cc3cc(Nc4ccccc4)ccc3c2O)c(O)cc1N=Nc1ccc(SOOO)cc1. The fraction of sp³-hybridized carbons (Fsp3) is 0.0345. The summed E-state index contributed by atoms with van der Waals surface area (Å²) in [5.74, 6) is -0.273. The number of benzene rings is 5. The van der Waals surface area contributed by atoms with Crippen LogP contribution in [0, 0.1) is 0 Å². The van der Waals surface area contributed by atoms with Crippen molar-refractivity contribution in [3.8, 4) is 17.2 Å². The fourth-order valence-corrected chi connectivity index (χ4v) is 4.89. The van der Waals surface area contributed by atoms with Gasteiger partial charge in [0.2, 0.25) is 0 Å². The molecule has 16 heteroatoms. The number of para-hydroxylation sites is 1. The third kappa shape index (κ3) is 8.04. The molecule has 0 saturated carbocycles. The highest BCUT2D eigenvalue weighted by atomic mass is 32.2. The first kappa shape index (κ1) is 31.6. The summed E-state index contributed by atoms with van der Waals surface area (Å²) in [5, 5.41) is 67.2. The van der Waals surface area contributed by atoms with Crippen LogP contribution >= 0.6 is 24.1 Å². The number of anilines is 2. The zero-order chi connectivity index (χ0) is 31.6. The van der Waals surface area contributed by atoms with Crippen LogP contribution in [0.1, 0.15) is 0 Å². The van der Waals surface area contributed by atoms with E-state index >= 15 is 0 Å². The number of rotatable bonds is 13. The van der Waals surface area contributed by atoms with Crippen molar-refractivity contribution in [2.24, 2.45) is 20.5 Å². The highest BCUT2D eigenvalue weighted by molar-refractivity contribution is 7.94. The molecule has 230 valence electrons. The summed E-state index contributed by atoms with van der Waals surface area (Å²) in [5.41, 5.74) is 2.36. The van der Waals surface area contributed by atoms with Crippen LogP contribution in [0.15, 0.2) is 121 Å². The Balaban J connectivity index is 1.42. The van der Waals surface area contributed by atoms with Crippen molar-refractivity contribution < 1.29 is 44.2 Å². The minimum atomic E-state index is -0.289. The molecule has 0 radical (unpaired) electrons. The number of hydrogen-bond donors (Lipinski definition) is 5. The van der Waals surface area contributed by atoms with E-state index in [1.807, 2.05) is 36.4 Å². The van der Waals surface area contributed by atoms with E-state index in [2.05, 4.69) is 44.5 Å². The van der Waals surface area contributed by atoms with E-state index in [1.165, 1.54) is 19.2 Å². The maximum Gasteiger partial charge on any atom is 0.152 e. The summed E-state index contributed by atoms with van der Waals surface area (Å²) in [7, 11) is 1.42. The predicted octanol–water partition coefficient (Wildman–Crippen LogP) is 9.69. The molecular weight excluding hydrogens is 626 g/mol. The lowest BCUT2D eigenvalue weighted by Gasteiger charge is -2.12. The number of nitrogens with zero attached hydrogens (tertiary/aromatic N) is 4. The van der Waals surface area contributed by atoms with Crippen LogP contribution in [0.3, 0.4) is 0 Å². The monoisotopic (exact) mass is 649 g/mol. The predicted molar refractivity (Wildman–Crippen MR) is 166 cm³/mol. The first-order valence-corrected chi connectivity index (χ1v) is 14.2. The molecule has 0 spiro atoms. The molecule has 0 atom stereocenters. The van der Waals surface area contributed by atoms with Crippen molar-refractivity contribution in [3.05, 3.63) is 91.0 Å². The molecule has 5 aromatic carbocycles. The minimum Gasteiger partial charge on any atom is -0.506 e. The van der Waals surface area contributed by atoms with Crippen molar-refractivity contribution in [1.29, 1.82) is 0 Å². The van der Waals surface area contributed by atoms with Crippen molar-refractivity contribution in [2.45, 2.75) is 9.79 Å². The van der Waals surface area contributed by atoms with Gasteiger partial charge in [-0.3, -0.25) is 0 Å². The van der Waals surface area contributed by atoms with Gasteiger partial charge < -0.3 is 20.3 Å². The zero-order valence-electron chi connectivity index (χ0n) is 23.1. The number of hydrogen-bond acceptors (Lipinski definition) is 16. The van der Waals surface area contributed by atoms with Crippen molar-refractivity contribution >= 4 is 69.0 Å². The molecule has 5 rings (SSSR count). The van der Waals surface area contributed by atoms with Gasteiger partial charge in [-0.15, -0.1) is 24.0 Å². The molecule has 0 aliphatic carbocycles. The van der Waals surface area contributed by atoms with E-state index in [0.717, 1.165) is 23.4 Å². The quantitative estimate of drug-likeness (QED) is 0.0352. The maximum atomic E-state index is 11.2. The Morgan fingerprint density at radius 2 is 1.42 bits per heavy atom. The maximum absolute atomic E-state index is 11.2. The molecule has 45 heavy (non-hydrogen) atoms. The summed E-state index contributed by atoms with van der Waals surface area (Å²) >= 11 is 1.40. The largest absolute Gasteiger partial charge is 0.506 e. The van der Waals surface area contributed by atoms with Crippen molar-refractivity contribution in [1.82, 2.24) is 0 Å². The van der Waals surface area contributed by atoms with Crippen LogP contribution in [0.25, 0.3) is 10.8 Å².